The van der Waals surface area contributed by atoms with E-state index >= 15 is 0 Å². The largest absolute Gasteiger partial charge is 0.497 e. The Balaban J connectivity index is 1.66. The predicted molar refractivity (Wildman–Crippen MR) is 139 cm³/mol. The lowest BCUT2D eigenvalue weighted by molar-refractivity contribution is 0.188. The number of fused-ring (bicyclic) bond motifs is 1. The van der Waals surface area contributed by atoms with Crippen molar-refractivity contribution < 1.29 is 14.6 Å². The summed E-state index contributed by atoms with van der Waals surface area (Å²) in [6, 6.07) is 16.4. The molecule has 9 nitrogen and oxygen atoms in total. The Bertz CT molecular complexity index is 1480. The zero-order valence-corrected chi connectivity index (χ0v) is 20.5. The van der Waals surface area contributed by atoms with Crippen LogP contribution >= 0.6 is 11.6 Å². The predicted octanol–water partition coefficient (Wildman–Crippen LogP) is 4.13. The number of piperidine rings is 1. The molecule has 1 saturated heterocycles. The molecule has 0 bridgehead atoms. The van der Waals surface area contributed by atoms with Crippen LogP contribution in [0.15, 0.2) is 65.6 Å². The van der Waals surface area contributed by atoms with E-state index in [-0.39, 0.29) is 11.6 Å². The number of pyridine rings is 1. The van der Waals surface area contributed by atoms with Crippen LogP contribution in [0, 0.1) is 0 Å². The minimum Gasteiger partial charge on any atom is -0.497 e. The summed E-state index contributed by atoms with van der Waals surface area (Å²) >= 11 is 6.49. The van der Waals surface area contributed by atoms with E-state index in [9.17, 15) is 14.7 Å². The number of hydrogen-bond acceptors (Lipinski definition) is 5. The molecule has 1 aliphatic rings. The molecule has 1 aliphatic heterocycles. The molecule has 4 aromatic rings. The highest BCUT2D eigenvalue weighted by molar-refractivity contribution is 6.31. The average molecular weight is 508 g/mol. The maximum Gasteiger partial charge on any atom is 0.404 e. The quantitative estimate of drug-likeness (QED) is 0.407. The maximum atomic E-state index is 13.9. The highest BCUT2D eigenvalue weighted by Gasteiger charge is 2.27. The highest BCUT2D eigenvalue weighted by atomic mass is 35.5. The standard InChI is InChI=1S/C26H26ClN5O4/c1-36-20-9-4-8-19(14-20)31-13-11-22-23(24(31)33)32(15-17-6-2-3-10-21(17)27)25(29-22)30-12-5-7-18(16-30)28-26(34)35/h2-4,6,8-11,13-14,18,28H,5,7,12,15-16H2,1H3,(H,34,35)/t18-/m1/s1. The molecular formula is C26H26ClN5O4. The number of rotatable bonds is 6. The van der Waals surface area contributed by atoms with Crippen LogP contribution in [-0.2, 0) is 6.54 Å². The summed E-state index contributed by atoms with van der Waals surface area (Å²) in [5, 5.41) is 12.4. The van der Waals surface area contributed by atoms with Gasteiger partial charge in [-0.05, 0) is 42.7 Å². The molecule has 2 N–H and O–H groups in total. The third kappa shape index (κ3) is 4.61. The van der Waals surface area contributed by atoms with Crippen LogP contribution in [-0.4, -0.2) is 51.6 Å². The second-order valence-electron chi connectivity index (χ2n) is 8.75. The van der Waals surface area contributed by atoms with E-state index in [0.29, 0.717) is 53.1 Å². The number of nitrogens with zero attached hydrogens (tertiary/aromatic N) is 4. The number of carboxylic acid groups (broad SMARTS) is 1. The van der Waals surface area contributed by atoms with Crippen molar-refractivity contribution in [2.24, 2.45) is 0 Å². The van der Waals surface area contributed by atoms with Crippen molar-refractivity contribution in [3.8, 4) is 11.4 Å². The Morgan fingerprint density at radius 2 is 2.06 bits per heavy atom. The van der Waals surface area contributed by atoms with Crippen molar-refractivity contribution in [2.45, 2.75) is 25.4 Å². The van der Waals surface area contributed by atoms with Crippen molar-refractivity contribution in [3.05, 3.63) is 81.7 Å². The number of aromatic nitrogens is 3. The number of carbonyl (C=O) groups is 1. The molecule has 1 fully saturated rings. The van der Waals surface area contributed by atoms with Gasteiger partial charge in [-0.2, -0.15) is 0 Å². The summed E-state index contributed by atoms with van der Waals surface area (Å²) in [5.74, 6) is 1.26. The van der Waals surface area contributed by atoms with Gasteiger partial charge in [0.2, 0.25) is 5.95 Å². The summed E-state index contributed by atoms with van der Waals surface area (Å²) in [5.41, 5.74) is 2.33. The molecule has 5 rings (SSSR count). The summed E-state index contributed by atoms with van der Waals surface area (Å²) in [6.07, 6.45) is 2.21. The summed E-state index contributed by atoms with van der Waals surface area (Å²) in [7, 11) is 1.58. The number of benzene rings is 2. The van der Waals surface area contributed by atoms with Crippen LogP contribution in [0.4, 0.5) is 10.7 Å². The molecule has 10 heteroatoms. The van der Waals surface area contributed by atoms with Crippen molar-refractivity contribution >= 4 is 34.7 Å². The van der Waals surface area contributed by atoms with E-state index in [2.05, 4.69) is 5.32 Å². The second kappa shape index (κ2) is 9.94. The minimum atomic E-state index is -1.05. The van der Waals surface area contributed by atoms with Crippen molar-refractivity contribution in [3.63, 3.8) is 0 Å². The SMILES string of the molecule is COc1cccc(-n2ccc3nc(N4CCC[C@@H](NC(=O)O)C4)n(Cc4ccccc4Cl)c3c2=O)c1. The van der Waals surface area contributed by atoms with Crippen LogP contribution < -0.4 is 20.5 Å². The normalized spacial score (nSPS) is 15.7. The van der Waals surface area contributed by atoms with Crippen LogP contribution in [0.5, 0.6) is 5.75 Å². The Morgan fingerprint density at radius 1 is 1.22 bits per heavy atom. The molecule has 3 heterocycles. The van der Waals surface area contributed by atoms with Gasteiger partial charge < -0.3 is 24.6 Å². The first-order valence-corrected chi connectivity index (χ1v) is 12.1. The van der Waals surface area contributed by atoms with Crippen LogP contribution in [0.3, 0.4) is 0 Å². The van der Waals surface area contributed by atoms with Gasteiger partial charge in [0.1, 0.15) is 11.3 Å². The fourth-order valence-corrected chi connectivity index (χ4v) is 4.93. The van der Waals surface area contributed by atoms with Gasteiger partial charge in [0.25, 0.3) is 5.56 Å². The monoisotopic (exact) mass is 507 g/mol. The number of hydrogen-bond donors (Lipinski definition) is 2. The van der Waals surface area contributed by atoms with Gasteiger partial charge in [0.15, 0.2) is 0 Å². The van der Waals surface area contributed by atoms with Crippen molar-refractivity contribution in [1.82, 2.24) is 19.4 Å². The molecule has 0 aliphatic carbocycles. The second-order valence-corrected chi connectivity index (χ2v) is 9.16. The van der Waals surface area contributed by atoms with Crippen LogP contribution in [0.25, 0.3) is 16.7 Å². The number of methoxy groups -OCH3 is 1. The first-order valence-electron chi connectivity index (χ1n) is 11.7. The summed E-state index contributed by atoms with van der Waals surface area (Å²) in [6.45, 7) is 1.51. The van der Waals surface area contributed by atoms with Gasteiger partial charge in [-0.25, -0.2) is 9.78 Å². The zero-order chi connectivity index (χ0) is 25.2. The van der Waals surface area contributed by atoms with Crippen LogP contribution in [0.1, 0.15) is 18.4 Å². The Morgan fingerprint density at radius 3 is 2.83 bits per heavy atom. The van der Waals surface area contributed by atoms with E-state index < -0.39 is 6.09 Å². The average Bonchev–Trinajstić information content (AvgIpc) is 3.24. The van der Waals surface area contributed by atoms with Crippen LogP contribution in [0.2, 0.25) is 5.02 Å². The lowest BCUT2D eigenvalue weighted by Crippen LogP contribution is -2.48. The maximum absolute atomic E-state index is 13.9. The van der Waals surface area contributed by atoms with Gasteiger partial charge >= 0.3 is 6.09 Å². The molecule has 2 aromatic heterocycles. The fourth-order valence-electron chi connectivity index (χ4n) is 4.73. The lowest BCUT2D eigenvalue weighted by atomic mass is 10.1. The topological polar surface area (TPSA) is 102 Å². The molecule has 0 unspecified atom stereocenters. The summed E-state index contributed by atoms with van der Waals surface area (Å²) < 4.78 is 8.80. The molecule has 2 aromatic carbocycles. The first kappa shape index (κ1) is 23.7. The zero-order valence-electron chi connectivity index (χ0n) is 19.7. The van der Waals surface area contributed by atoms with E-state index in [0.717, 1.165) is 18.4 Å². The molecule has 0 saturated carbocycles. The first-order chi connectivity index (χ1) is 17.4. The molecule has 1 atom stereocenters. The number of ether oxygens (including phenoxy) is 1. The van der Waals surface area contributed by atoms with E-state index in [1.165, 1.54) is 0 Å². The Labute approximate surface area is 212 Å². The number of imidazole rings is 1. The van der Waals surface area contributed by atoms with Gasteiger partial charge in [0, 0.05) is 36.4 Å². The van der Waals surface area contributed by atoms with Gasteiger partial charge in [0.05, 0.1) is 24.9 Å². The molecule has 0 radical (unpaired) electrons. The van der Waals surface area contributed by atoms with Gasteiger partial charge in [-0.1, -0.05) is 35.9 Å². The molecular weight excluding hydrogens is 482 g/mol. The number of nitrogens with one attached hydrogen (secondary N) is 1. The molecule has 36 heavy (non-hydrogen) atoms. The van der Waals surface area contributed by atoms with E-state index in [4.69, 9.17) is 21.3 Å². The minimum absolute atomic E-state index is 0.219. The van der Waals surface area contributed by atoms with Crippen molar-refractivity contribution in [2.75, 3.05) is 25.1 Å². The Kier molecular flexibility index (Phi) is 6.56. The number of anilines is 1. The molecule has 1 amide bonds. The third-order valence-corrected chi connectivity index (χ3v) is 6.80. The van der Waals surface area contributed by atoms with E-state index in [1.807, 2.05) is 58.0 Å². The third-order valence-electron chi connectivity index (χ3n) is 6.43. The highest BCUT2D eigenvalue weighted by Crippen LogP contribution is 2.27. The van der Waals surface area contributed by atoms with E-state index in [1.54, 1.807) is 23.9 Å². The molecule has 186 valence electrons. The number of amides is 1. The lowest BCUT2D eigenvalue weighted by Gasteiger charge is -2.33. The van der Waals surface area contributed by atoms with Gasteiger partial charge in [-0.3, -0.25) is 9.36 Å². The van der Waals surface area contributed by atoms with Crippen molar-refractivity contribution in [1.29, 1.82) is 0 Å². The fraction of sp³-hybridized carbons (Fsp3) is 0.269. The Hall–Kier alpha value is -3.98. The van der Waals surface area contributed by atoms with Gasteiger partial charge in [-0.15, -0.1) is 0 Å². The molecule has 0 spiro atoms. The summed E-state index contributed by atoms with van der Waals surface area (Å²) in [4.78, 5) is 32.0. The number of halogens is 1. The smallest absolute Gasteiger partial charge is 0.404 e.